The Morgan fingerprint density at radius 2 is 1.76 bits per heavy atom. The molecule has 1 spiro atoms. The summed E-state index contributed by atoms with van der Waals surface area (Å²) in [6, 6.07) is 7.03. The van der Waals surface area contributed by atoms with E-state index in [-0.39, 0.29) is 98.0 Å². The number of nitrogens with one attached hydrogen (secondary N) is 2. The third-order valence-electron chi connectivity index (χ3n) is 15.1. The Hall–Kier alpha value is -4.51. The number of esters is 1. The van der Waals surface area contributed by atoms with Crippen molar-refractivity contribution in [1.29, 1.82) is 0 Å². The quantitative estimate of drug-likeness (QED) is 0.141. The van der Waals surface area contributed by atoms with E-state index >= 15 is 0 Å². The number of benzene rings is 1. The predicted octanol–water partition coefficient (Wildman–Crippen LogP) is 6.33. The van der Waals surface area contributed by atoms with Gasteiger partial charge in [-0.15, -0.1) is 11.3 Å². The van der Waals surface area contributed by atoms with Crippen LogP contribution in [-0.4, -0.2) is 166 Å². The van der Waals surface area contributed by atoms with Crippen LogP contribution in [0, 0.1) is 23.2 Å². The first-order valence-corrected chi connectivity index (χ1v) is 26.8. The van der Waals surface area contributed by atoms with Gasteiger partial charge in [0, 0.05) is 79.2 Å². The van der Waals surface area contributed by atoms with E-state index in [9.17, 15) is 24.0 Å². The number of aryl methyl sites for hydroxylation is 1. The number of hydrazine groups is 1. The van der Waals surface area contributed by atoms with Crippen molar-refractivity contribution in [1.82, 2.24) is 49.9 Å². The zero-order valence-electron chi connectivity index (χ0n) is 47.2. The third kappa shape index (κ3) is 13.6. The van der Waals surface area contributed by atoms with E-state index in [1.54, 1.807) is 30.2 Å². The van der Waals surface area contributed by atoms with E-state index in [4.69, 9.17) is 24.2 Å². The summed E-state index contributed by atoms with van der Waals surface area (Å²) in [5.74, 6) is 3.65. The molecule has 8 rings (SSSR count). The van der Waals surface area contributed by atoms with Crippen molar-refractivity contribution in [3.05, 3.63) is 58.2 Å². The summed E-state index contributed by atoms with van der Waals surface area (Å²) in [6.07, 6.45) is 3.69. The number of thiazole rings is 1. The monoisotopic (exact) mass is 1170 g/mol. The van der Waals surface area contributed by atoms with Gasteiger partial charge in [0.05, 0.1) is 60.0 Å². The predicted molar refractivity (Wildman–Crippen MR) is 325 cm³/mol. The maximum absolute atomic E-state index is 14.8. The van der Waals surface area contributed by atoms with Crippen LogP contribution in [0.15, 0.2) is 41.9 Å². The van der Waals surface area contributed by atoms with Crippen LogP contribution in [0.4, 0.5) is 4.79 Å². The Morgan fingerprint density at radius 3 is 2.42 bits per heavy atom. The Morgan fingerprint density at radius 1 is 1.04 bits per heavy atom. The highest BCUT2D eigenvalue weighted by atomic mass is 32.1. The summed E-state index contributed by atoms with van der Waals surface area (Å²) in [7, 11) is 7.07. The van der Waals surface area contributed by atoms with E-state index in [1.807, 2.05) is 65.1 Å². The van der Waals surface area contributed by atoms with Gasteiger partial charge < -0.3 is 33.9 Å². The smallest absolute Gasteiger partial charge is 0.324 e. The van der Waals surface area contributed by atoms with E-state index in [1.165, 1.54) is 21.2 Å². The van der Waals surface area contributed by atoms with Crippen molar-refractivity contribution in [2.45, 2.75) is 130 Å². The molecule has 5 amide bonds. The van der Waals surface area contributed by atoms with Gasteiger partial charge in [-0.1, -0.05) is 39.7 Å². The number of aromatic nitrogens is 3. The molecule has 4 atom stereocenters. The van der Waals surface area contributed by atoms with Gasteiger partial charge in [0.25, 0.3) is 11.8 Å². The van der Waals surface area contributed by atoms with Gasteiger partial charge >= 0.3 is 12.0 Å². The van der Waals surface area contributed by atoms with Gasteiger partial charge in [0.15, 0.2) is 5.72 Å². The van der Waals surface area contributed by atoms with Crippen LogP contribution in [0.25, 0.3) is 33.4 Å². The average molecular weight is 1170 g/mol. The molecule has 430 valence electrons. The highest BCUT2D eigenvalue weighted by Crippen LogP contribution is 2.42. The number of likely N-dealkylation sites (tertiary alicyclic amines) is 1. The molecule has 7 heterocycles. The molecular formula is C55H82N10O8S5. The maximum atomic E-state index is 14.8. The van der Waals surface area contributed by atoms with Crippen molar-refractivity contribution in [3.63, 3.8) is 0 Å². The molecule has 4 aromatic rings. The minimum atomic E-state index is -1.13. The number of nitrogens with zero attached hydrogens (tertiary/aromatic N) is 8. The summed E-state index contributed by atoms with van der Waals surface area (Å²) < 4.78 is 20.5. The first-order chi connectivity index (χ1) is 35.1. The van der Waals surface area contributed by atoms with Crippen LogP contribution in [0.3, 0.4) is 0 Å². The molecule has 78 heavy (non-hydrogen) atoms. The zero-order valence-corrected chi connectivity index (χ0v) is 52.0. The number of carbonyl (C=O) groups excluding carboxylic acids is 5. The van der Waals surface area contributed by atoms with Gasteiger partial charge in [0.2, 0.25) is 5.91 Å². The van der Waals surface area contributed by atoms with E-state index in [0.29, 0.717) is 56.9 Å². The number of fused-ring (bicyclic) bond motifs is 6. The molecular weight excluding hydrogens is 1090 g/mol. The maximum Gasteiger partial charge on any atom is 0.324 e. The van der Waals surface area contributed by atoms with Crippen LogP contribution in [-0.2, 0) is 52.8 Å². The molecule has 4 aliphatic heterocycles. The Kier molecular flexibility index (Phi) is 22.7. The van der Waals surface area contributed by atoms with Crippen molar-refractivity contribution in [2.75, 3.05) is 67.6 Å². The van der Waals surface area contributed by atoms with Crippen molar-refractivity contribution >= 4 is 106 Å². The molecule has 0 aliphatic carbocycles. The van der Waals surface area contributed by atoms with Crippen LogP contribution < -0.4 is 10.7 Å². The molecule has 23 heteroatoms. The number of cyclic esters (lactones) is 1. The molecule has 3 fully saturated rings. The van der Waals surface area contributed by atoms with E-state index in [0.717, 1.165) is 44.7 Å². The number of likely N-dealkylation sites (N-methyl/N-ethyl adjacent to an activating group) is 1. The van der Waals surface area contributed by atoms with Crippen molar-refractivity contribution < 1.29 is 38.2 Å². The van der Waals surface area contributed by atoms with Gasteiger partial charge in [-0.25, -0.2) is 15.2 Å². The summed E-state index contributed by atoms with van der Waals surface area (Å²) in [4.78, 5) is 87.9. The number of ether oxygens (including phenoxy) is 3. The Balaban J connectivity index is 0.00000328. The summed E-state index contributed by atoms with van der Waals surface area (Å²) in [6.45, 7) is 18.0. The van der Waals surface area contributed by atoms with Crippen LogP contribution >= 0.6 is 65.3 Å². The summed E-state index contributed by atoms with van der Waals surface area (Å²) in [5.41, 5.74) is 7.62. The number of amides is 5. The molecule has 0 radical (unpaired) electrons. The zero-order chi connectivity index (χ0) is 53.4. The van der Waals surface area contributed by atoms with Gasteiger partial charge in [-0.05, 0) is 109 Å². The molecule has 1 aromatic carbocycles. The number of urea groups is 1. The minimum absolute atomic E-state index is 0. The molecule has 0 unspecified atom stereocenters. The second-order valence-electron chi connectivity index (χ2n) is 22.0. The number of rotatable bonds is 9. The lowest BCUT2D eigenvalue weighted by atomic mass is 9.84. The Labute approximate surface area is 492 Å². The lowest BCUT2D eigenvalue weighted by Crippen LogP contribution is -2.76. The number of hydrogen-bond donors (Lipinski definition) is 2. The topological polar surface area (TPSA) is 184 Å². The van der Waals surface area contributed by atoms with E-state index in [2.05, 4.69) is 72.2 Å². The average Bonchev–Trinajstić information content (AvgIpc) is 3.96. The highest BCUT2D eigenvalue weighted by molar-refractivity contribution is 7.59. The summed E-state index contributed by atoms with van der Waals surface area (Å²) in [5, 5.41) is 8.10. The standard InChI is InChI=1S/C55H74N10O8S.4H2S/c1-13-63-43-20-19-36-27-38(43)39(48(63)37-17-14-23-56-46(37)35(4)71-12)29-53(5,6)33-72-51(69)40-18-15-25-65(59-40)50(68)41(28-44-57-42(36)30-74-44)58-49(67)47(34(2)3)61(11)52(70)64-24-16-26-73-55(64)31-62(32-55)45(66)21-22-54(7,8)60(9)10;;;;/h14,17,19-20,23,27,30,34-35,40-41,47,59H,13,15-16,18,24-26,28-29,31-33H2,1-12H3,(H,58,67);4*1H2/t35-,40-,41-,47-;;;;/m0..../s1. The molecule has 18 nitrogen and oxygen atoms in total. The van der Waals surface area contributed by atoms with Crippen molar-refractivity contribution in [2.24, 2.45) is 11.3 Å². The normalized spacial score (nSPS) is 19.8. The molecule has 6 bridgehead atoms. The largest absolute Gasteiger partial charge is 0.464 e. The fourth-order valence-corrected chi connectivity index (χ4v) is 11.3. The fourth-order valence-electron chi connectivity index (χ4n) is 10.4. The van der Waals surface area contributed by atoms with Crippen LogP contribution in [0.1, 0.15) is 97.0 Å². The van der Waals surface area contributed by atoms with E-state index < -0.39 is 58.6 Å². The molecule has 3 aromatic heterocycles. The summed E-state index contributed by atoms with van der Waals surface area (Å²) >= 11 is 1.40. The van der Waals surface area contributed by atoms with Crippen LogP contribution in [0.2, 0.25) is 0 Å². The van der Waals surface area contributed by atoms with Gasteiger partial charge in [-0.2, -0.15) is 54.0 Å². The number of methoxy groups -OCH3 is 1. The molecule has 0 saturated carbocycles. The Bertz CT molecular complexity index is 2860. The molecule has 3 saturated heterocycles. The molecule has 2 N–H and O–H groups in total. The minimum Gasteiger partial charge on any atom is -0.464 e. The van der Waals surface area contributed by atoms with Gasteiger partial charge in [0.1, 0.15) is 18.1 Å². The number of pyridine rings is 1. The number of carbonyl (C=O) groups is 5. The van der Waals surface area contributed by atoms with Gasteiger partial charge in [-0.3, -0.25) is 39.0 Å². The first kappa shape index (κ1) is 66.0. The van der Waals surface area contributed by atoms with Crippen LogP contribution in [0.5, 0.6) is 0 Å². The first-order valence-electron chi connectivity index (χ1n) is 25.9. The fraction of sp³-hybridized carbons (Fsp3) is 0.582. The third-order valence-corrected chi connectivity index (χ3v) is 16.0. The molecule has 4 aliphatic rings. The second-order valence-corrected chi connectivity index (χ2v) is 23.0. The van der Waals surface area contributed by atoms with Crippen molar-refractivity contribution in [3.8, 4) is 34.4 Å². The highest BCUT2D eigenvalue weighted by Gasteiger charge is 2.55. The lowest BCUT2D eigenvalue weighted by molar-refractivity contribution is -0.233. The number of hydrogen-bond acceptors (Lipinski definition) is 13. The SMILES string of the molecule is CCn1c(-c2cccnc2[C@H](C)OC)c2c3cc(ccc31)-c1csc(n1)C[C@H](NC(=O)[C@H](C(C)C)N(C)C(=O)N1CCCOC13CN(C(=O)C#CC(C)(C)N(C)C)C3)C(=O)N1CCC[C@H](N1)C(=O)OCC(C)(C)C2.S.S.S.S. The second kappa shape index (κ2) is 26.8. The lowest BCUT2D eigenvalue weighted by Gasteiger charge is -2.57.